The fourth-order valence-electron chi connectivity index (χ4n) is 2.39. The number of carbonyl (C=O) groups excluding carboxylic acids is 2. The second-order valence-corrected chi connectivity index (χ2v) is 5.47. The van der Waals surface area contributed by atoms with Gasteiger partial charge in [-0.25, -0.2) is 0 Å². The van der Waals surface area contributed by atoms with Gasteiger partial charge in [-0.05, 0) is 30.5 Å². The summed E-state index contributed by atoms with van der Waals surface area (Å²) in [7, 11) is 0. The lowest BCUT2D eigenvalue weighted by Gasteiger charge is -2.07. The molecule has 2 rings (SSSR count). The Labute approximate surface area is 136 Å². The van der Waals surface area contributed by atoms with E-state index in [-0.39, 0.29) is 30.3 Å². The summed E-state index contributed by atoms with van der Waals surface area (Å²) in [4.78, 5) is 23.9. The Bertz CT molecular complexity index is 695. The van der Waals surface area contributed by atoms with E-state index in [1.165, 1.54) is 0 Å². The molecule has 0 aromatic heterocycles. The van der Waals surface area contributed by atoms with E-state index in [4.69, 9.17) is 0 Å². The smallest absolute Gasteiger partial charge is 0.220 e. The predicted molar refractivity (Wildman–Crippen MR) is 89.6 cm³/mol. The van der Waals surface area contributed by atoms with Crippen LogP contribution in [0.15, 0.2) is 48.5 Å². The first-order chi connectivity index (χ1) is 11.1. The molecule has 0 heterocycles. The molecule has 0 saturated carbocycles. The summed E-state index contributed by atoms with van der Waals surface area (Å²) >= 11 is 0. The van der Waals surface area contributed by atoms with Crippen molar-refractivity contribution in [1.29, 1.82) is 0 Å². The van der Waals surface area contributed by atoms with Gasteiger partial charge in [0, 0.05) is 24.9 Å². The van der Waals surface area contributed by atoms with Gasteiger partial charge >= 0.3 is 0 Å². The molecule has 4 nitrogen and oxygen atoms in total. The molecular weight excluding hydrogens is 290 g/mol. The van der Waals surface area contributed by atoms with E-state index in [0.29, 0.717) is 18.5 Å². The molecular formula is C19H21NO3. The number of Topliss-reactive ketones (excluding diaryl/α,β-unsaturated/α-hetero) is 1. The van der Waals surface area contributed by atoms with Gasteiger partial charge in [0.25, 0.3) is 0 Å². The molecule has 4 heteroatoms. The lowest BCUT2D eigenvalue weighted by molar-refractivity contribution is -0.121. The number of rotatable bonds is 7. The van der Waals surface area contributed by atoms with E-state index in [1.54, 1.807) is 18.2 Å². The van der Waals surface area contributed by atoms with Gasteiger partial charge in [-0.1, -0.05) is 42.5 Å². The number of aryl methyl sites for hydroxylation is 1. The number of carbonyl (C=O) groups is 2. The maximum Gasteiger partial charge on any atom is 0.220 e. The summed E-state index contributed by atoms with van der Waals surface area (Å²) in [6.07, 6.45) is 0.936. The largest absolute Gasteiger partial charge is 0.508 e. The quantitative estimate of drug-likeness (QED) is 0.772. The number of phenolic OH excluding ortho intramolecular Hbond substituents is 1. The number of nitrogens with one attached hydrogen (secondary N) is 1. The molecule has 2 aromatic carbocycles. The van der Waals surface area contributed by atoms with Gasteiger partial charge in [-0.2, -0.15) is 0 Å². The monoisotopic (exact) mass is 311 g/mol. The van der Waals surface area contributed by atoms with Crippen LogP contribution in [-0.2, 0) is 11.2 Å². The van der Waals surface area contributed by atoms with E-state index < -0.39 is 0 Å². The predicted octanol–water partition coefficient (Wildman–Crippen LogP) is 3.02. The maximum absolute atomic E-state index is 12.1. The summed E-state index contributed by atoms with van der Waals surface area (Å²) in [5.74, 6) is 0.0674. The van der Waals surface area contributed by atoms with Crippen molar-refractivity contribution in [2.45, 2.75) is 26.2 Å². The number of aromatic hydroxyl groups is 1. The van der Waals surface area contributed by atoms with Crippen LogP contribution in [0.5, 0.6) is 5.75 Å². The van der Waals surface area contributed by atoms with Gasteiger partial charge in [0.15, 0.2) is 5.78 Å². The second-order valence-electron chi connectivity index (χ2n) is 5.47. The van der Waals surface area contributed by atoms with Crippen molar-refractivity contribution in [2.24, 2.45) is 0 Å². The molecule has 2 N–H and O–H groups in total. The van der Waals surface area contributed by atoms with Crippen molar-refractivity contribution in [2.75, 3.05) is 6.54 Å². The fourth-order valence-corrected chi connectivity index (χ4v) is 2.39. The van der Waals surface area contributed by atoms with Crippen LogP contribution >= 0.6 is 0 Å². The first kappa shape index (κ1) is 16.7. The van der Waals surface area contributed by atoms with Gasteiger partial charge in [0.1, 0.15) is 5.75 Å². The van der Waals surface area contributed by atoms with E-state index >= 15 is 0 Å². The Morgan fingerprint density at radius 2 is 1.70 bits per heavy atom. The van der Waals surface area contributed by atoms with Crippen molar-refractivity contribution < 1.29 is 14.7 Å². The minimum Gasteiger partial charge on any atom is -0.508 e. The maximum atomic E-state index is 12.1. The molecule has 1 amide bonds. The lowest BCUT2D eigenvalue weighted by atomic mass is 10.0. The number of hydrogen-bond donors (Lipinski definition) is 2. The number of phenols is 1. The Morgan fingerprint density at radius 1 is 1.00 bits per heavy atom. The third kappa shape index (κ3) is 4.95. The summed E-state index contributed by atoms with van der Waals surface area (Å²) in [6, 6.07) is 14.4. The minimum absolute atomic E-state index is 0.0149. The first-order valence-corrected chi connectivity index (χ1v) is 7.70. The molecule has 0 aliphatic rings. The molecule has 0 spiro atoms. The molecule has 0 radical (unpaired) electrons. The van der Waals surface area contributed by atoms with E-state index in [2.05, 4.69) is 5.32 Å². The molecule has 0 aliphatic carbocycles. The van der Waals surface area contributed by atoms with Crippen LogP contribution in [0.1, 0.15) is 34.3 Å². The number of ketones is 1. The highest BCUT2D eigenvalue weighted by Crippen LogP contribution is 2.15. The Balaban J connectivity index is 1.74. The van der Waals surface area contributed by atoms with Gasteiger partial charge in [-0.3, -0.25) is 9.59 Å². The van der Waals surface area contributed by atoms with Gasteiger partial charge in [0.05, 0.1) is 0 Å². The number of para-hydroxylation sites is 1. The van der Waals surface area contributed by atoms with E-state index in [0.717, 1.165) is 11.1 Å². The zero-order valence-corrected chi connectivity index (χ0v) is 13.2. The van der Waals surface area contributed by atoms with Crippen LogP contribution in [0.25, 0.3) is 0 Å². The van der Waals surface area contributed by atoms with Crippen molar-refractivity contribution in [3.05, 3.63) is 65.2 Å². The van der Waals surface area contributed by atoms with Crippen LogP contribution in [0.2, 0.25) is 0 Å². The second kappa shape index (κ2) is 8.13. The average molecular weight is 311 g/mol. The van der Waals surface area contributed by atoms with Crippen LogP contribution in [0, 0.1) is 6.92 Å². The van der Waals surface area contributed by atoms with Crippen molar-refractivity contribution >= 4 is 11.7 Å². The van der Waals surface area contributed by atoms with Gasteiger partial charge in [-0.15, -0.1) is 0 Å². The van der Waals surface area contributed by atoms with Crippen molar-refractivity contribution in [3.63, 3.8) is 0 Å². The topological polar surface area (TPSA) is 66.4 Å². The molecule has 120 valence electrons. The van der Waals surface area contributed by atoms with Crippen molar-refractivity contribution in [3.8, 4) is 5.75 Å². The normalized spacial score (nSPS) is 10.3. The van der Waals surface area contributed by atoms with Gasteiger partial charge in [0.2, 0.25) is 5.91 Å². The highest BCUT2D eigenvalue weighted by atomic mass is 16.3. The van der Waals surface area contributed by atoms with E-state index in [1.807, 2.05) is 37.3 Å². The Kier molecular flexibility index (Phi) is 5.92. The standard InChI is InChI=1S/C19H21NO3/c1-14-6-2-4-8-16(14)18(22)10-11-19(23)20-13-12-15-7-3-5-9-17(15)21/h2-9,21H,10-13H2,1H3,(H,20,23). The minimum atomic E-state index is -0.151. The zero-order valence-electron chi connectivity index (χ0n) is 13.2. The molecule has 0 bridgehead atoms. The third-order valence-corrected chi connectivity index (χ3v) is 3.73. The van der Waals surface area contributed by atoms with Crippen LogP contribution in [0.4, 0.5) is 0 Å². The molecule has 0 aliphatic heterocycles. The number of benzene rings is 2. The molecule has 0 unspecified atom stereocenters. The number of hydrogen-bond acceptors (Lipinski definition) is 3. The summed E-state index contributed by atoms with van der Waals surface area (Å²) < 4.78 is 0. The summed E-state index contributed by atoms with van der Waals surface area (Å²) in [6.45, 7) is 2.33. The lowest BCUT2D eigenvalue weighted by Crippen LogP contribution is -2.26. The van der Waals surface area contributed by atoms with E-state index in [9.17, 15) is 14.7 Å². The zero-order chi connectivity index (χ0) is 16.7. The van der Waals surface area contributed by atoms with Gasteiger partial charge < -0.3 is 10.4 Å². The highest BCUT2D eigenvalue weighted by molar-refractivity contribution is 5.99. The molecule has 23 heavy (non-hydrogen) atoms. The molecule has 0 saturated heterocycles. The summed E-state index contributed by atoms with van der Waals surface area (Å²) in [5.41, 5.74) is 2.40. The molecule has 0 fully saturated rings. The third-order valence-electron chi connectivity index (χ3n) is 3.73. The first-order valence-electron chi connectivity index (χ1n) is 7.70. The van der Waals surface area contributed by atoms with Crippen LogP contribution in [0.3, 0.4) is 0 Å². The molecule has 0 atom stereocenters. The highest BCUT2D eigenvalue weighted by Gasteiger charge is 2.11. The van der Waals surface area contributed by atoms with Crippen LogP contribution < -0.4 is 5.32 Å². The number of amides is 1. The summed E-state index contributed by atoms with van der Waals surface area (Å²) in [5, 5.41) is 12.4. The fraction of sp³-hybridized carbons (Fsp3) is 0.263. The average Bonchev–Trinajstić information content (AvgIpc) is 2.55. The molecule has 2 aromatic rings. The van der Waals surface area contributed by atoms with Crippen molar-refractivity contribution in [1.82, 2.24) is 5.32 Å². The van der Waals surface area contributed by atoms with Crippen LogP contribution in [-0.4, -0.2) is 23.3 Å². The SMILES string of the molecule is Cc1ccccc1C(=O)CCC(=O)NCCc1ccccc1O. The Hall–Kier alpha value is -2.62. The Morgan fingerprint density at radius 3 is 2.43 bits per heavy atom.